The monoisotopic (exact) mass is 502 g/mol. The molecule has 0 radical (unpaired) electrons. The fourth-order valence-electron chi connectivity index (χ4n) is 4.11. The molecule has 162 valence electrons. The summed E-state index contributed by atoms with van der Waals surface area (Å²) in [7, 11) is 0. The average molecular weight is 504 g/mol. The number of benzene rings is 2. The van der Waals surface area contributed by atoms with Crippen LogP contribution in [0.4, 0.5) is 0 Å². The first-order valence-electron chi connectivity index (χ1n) is 10.5. The summed E-state index contributed by atoms with van der Waals surface area (Å²) in [6, 6.07) is 14.9. The first-order chi connectivity index (χ1) is 15.0. The van der Waals surface area contributed by atoms with Crippen molar-refractivity contribution in [1.29, 1.82) is 0 Å². The molecule has 1 N–H and O–H groups in total. The molecule has 2 fully saturated rings. The Balaban J connectivity index is 1.49. The van der Waals surface area contributed by atoms with Crippen LogP contribution in [-0.2, 0) is 20.9 Å². The Bertz CT molecular complexity index is 993. The van der Waals surface area contributed by atoms with Crippen molar-refractivity contribution in [3.05, 3.63) is 74.9 Å². The number of morpholine rings is 1. The lowest BCUT2D eigenvalue weighted by atomic mass is 9.89. The second-order valence-corrected chi connectivity index (χ2v) is 9.17. The van der Waals surface area contributed by atoms with Crippen molar-refractivity contribution in [2.24, 2.45) is 0 Å². The van der Waals surface area contributed by atoms with E-state index in [0.29, 0.717) is 17.3 Å². The summed E-state index contributed by atoms with van der Waals surface area (Å²) in [4.78, 5) is 27.6. The van der Waals surface area contributed by atoms with E-state index in [2.05, 4.69) is 21.2 Å². The summed E-state index contributed by atoms with van der Waals surface area (Å²) in [6.07, 6.45) is 5.51. The van der Waals surface area contributed by atoms with Gasteiger partial charge in [0, 0.05) is 16.0 Å². The van der Waals surface area contributed by atoms with E-state index < -0.39 is 0 Å². The molecule has 1 saturated carbocycles. The standard InChI is InChI=1S/C24H24BrClN2O3/c25-19-6-2-1-5-17(19)13-22-24(30)28(20-7-3-4-8-21(20)31-22)15-23(29)27-14-16-9-11-18(26)12-10-16/h1-2,5-6,9-13,20-21H,3-4,7-8,14-15H2,(H,27,29)/b22-13+. The number of fused-ring (bicyclic) bond motifs is 1. The third-order valence-corrected chi connectivity index (χ3v) is 6.70. The fourth-order valence-corrected chi connectivity index (χ4v) is 4.63. The summed E-state index contributed by atoms with van der Waals surface area (Å²) in [6.45, 7) is 0.409. The smallest absolute Gasteiger partial charge is 0.289 e. The molecule has 7 heteroatoms. The zero-order chi connectivity index (χ0) is 21.8. The molecule has 2 amide bonds. The minimum atomic E-state index is -0.236. The minimum absolute atomic E-state index is 0.0181. The summed E-state index contributed by atoms with van der Waals surface area (Å²) in [5.74, 6) is -0.129. The second kappa shape index (κ2) is 9.88. The van der Waals surface area contributed by atoms with Gasteiger partial charge in [0.25, 0.3) is 5.91 Å². The van der Waals surface area contributed by atoms with E-state index >= 15 is 0 Å². The second-order valence-electron chi connectivity index (χ2n) is 7.87. The number of ether oxygens (including phenoxy) is 1. The van der Waals surface area contributed by atoms with E-state index in [4.69, 9.17) is 16.3 Å². The van der Waals surface area contributed by atoms with Crippen molar-refractivity contribution < 1.29 is 14.3 Å². The largest absolute Gasteiger partial charge is 0.482 e. The third kappa shape index (κ3) is 5.31. The van der Waals surface area contributed by atoms with Crippen LogP contribution < -0.4 is 5.32 Å². The number of rotatable bonds is 5. The first-order valence-corrected chi connectivity index (χ1v) is 11.6. The van der Waals surface area contributed by atoms with Crippen molar-refractivity contribution in [2.45, 2.75) is 44.4 Å². The molecule has 5 nitrogen and oxygen atoms in total. The van der Waals surface area contributed by atoms with Crippen LogP contribution in [-0.4, -0.2) is 35.4 Å². The molecule has 2 unspecified atom stereocenters. The van der Waals surface area contributed by atoms with Crippen molar-refractivity contribution in [2.75, 3.05) is 6.54 Å². The lowest BCUT2D eigenvalue weighted by molar-refractivity contribution is -0.151. The van der Waals surface area contributed by atoms with Crippen LogP contribution >= 0.6 is 27.5 Å². The molecule has 1 saturated heterocycles. The number of nitrogens with zero attached hydrogens (tertiary/aromatic N) is 1. The maximum absolute atomic E-state index is 13.3. The molecular formula is C24H24BrClN2O3. The Morgan fingerprint density at radius 1 is 1.16 bits per heavy atom. The quantitative estimate of drug-likeness (QED) is 0.589. The molecule has 1 heterocycles. The number of hydrogen-bond acceptors (Lipinski definition) is 3. The van der Waals surface area contributed by atoms with Crippen LogP contribution in [0.3, 0.4) is 0 Å². The van der Waals surface area contributed by atoms with Crippen molar-refractivity contribution >= 4 is 45.4 Å². The van der Waals surface area contributed by atoms with Gasteiger partial charge in [-0.15, -0.1) is 0 Å². The highest BCUT2D eigenvalue weighted by Crippen LogP contribution is 2.33. The highest BCUT2D eigenvalue weighted by Gasteiger charge is 2.42. The van der Waals surface area contributed by atoms with Gasteiger partial charge in [-0.2, -0.15) is 0 Å². The number of carbonyl (C=O) groups is 2. The van der Waals surface area contributed by atoms with Crippen molar-refractivity contribution in [3.8, 4) is 0 Å². The average Bonchev–Trinajstić information content (AvgIpc) is 2.77. The fraction of sp³-hybridized carbons (Fsp3) is 0.333. The number of nitrogens with one attached hydrogen (secondary N) is 1. The number of halogens is 2. The molecule has 1 aliphatic heterocycles. The normalized spacial score (nSPS) is 22.1. The van der Waals surface area contributed by atoms with Gasteiger partial charge in [-0.3, -0.25) is 9.59 Å². The molecule has 0 bridgehead atoms. The van der Waals surface area contributed by atoms with Crippen LogP contribution in [0.25, 0.3) is 6.08 Å². The first kappa shape index (κ1) is 21.9. The third-order valence-electron chi connectivity index (χ3n) is 5.73. The van der Waals surface area contributed by atoms with Crippen LogP contribution in [0.15, 0.2) is 58.8 Å². The molecule has 2 aromatic rings. The minimum Gasteiger partial charge on any atom is -0.482 e. The molecule has 4 rings (SSSR count). The van der Waals surface area contributed by atoms with Crippen LogP contribution in [0.5, 0.6) is 0 Å². The molecule has 31 heavy (non-hydrogen) atoms. The number of carbonyl (C=O) groups excluding carboxylic acids is 2. The van der Waals surface area contributed by atoms with E-state index in [9.17, 15) is 9.59 Å². The summed E-state index contributed by atoms with van der Waals surface area (Å²) < 4.78 is 7.00. The van der Waals surface area contributed by atoms with Crippen LogP contribution in [0.2, 0.25) is 5.02 Å². The number of amides is 2. The van der Waals surface area contributed by atoms with Gasteiger partial charge in [-0.25, -0.2) is 0 Å². The van der Waals surface area contributed by atoms with Gasteiger partial charge in [0.15, 0.2) is 5.76 Å². The summed E-state index contributed by atoms with van der Waals surface area (Å²) in [5.41, 5.74) is 1.82. The van der Waals surface area contributed by atoms with E-state index in [1.807, 2.05) is 36.4 Å². The zero-order valence-corrected chi connectivity index (χ0v) is 19.4. The van der Waals surface area contributed by atoms with Gasteiger partial charge in [0.1, 0.15) is 12.6 Å². The van der Waals surface area contributed by atoms with Gasteiger partial charge in [-0.1, -0.05) is 64.3 Å². The lowest BCUT2D eigenvalue weighted by Gasteiger charge is -2.44. The Morgan fingerprint density at radius 3 is 2.68 bits per heavy atom. The Kier molecular flexibility index (Phi) is 6.98. The molecule has 1 aliphatic carbocycles. The SMILES string of the molecule is O=C(CN1C(=O)/C(=C\c2ccccc2Br)OC2CCCCC21)NCc1ccc(Cl)cc1. The summed E-state index contributed by atoms with van der Waals surface area (Å²) in [5, 5.41) is 3.57. The van der Waals surface area contributed by atoms with Gasteiger partial charge in [0.2, 0.25) is 5.91 Å². The molecule has 0 aromatic heterocycles. The summed E-state index contributed by atoms with van der Waals surface area (Å²) >= 11 is 9.43. The molecular weight excluding hydrogens is 480 g/mol. The van der Waals surface area contributed by atoms with Crippen molar-refractivity contribution in [1.82, 2.24) is 10.2 Å². The maximum Gasteiger partial charge on any atom is 0.289 e. The highest BCUT2D eigenvalue weighted by atomic mass is 79.9. The van der Waals surface area contributed by atoms with E-state index in [0.717, 1.165) is 41.3 Å². The Morgan fingerprint density at radius 2 is 1.90 bits per heavy atom. The Labute approximate surface area is 195 Å². The maximum atomic E-state index is 13.3. The predicted molar refractivity (Wildman–Crippen MR) is 124 cm³/mol. The highest BCUT2D eigenvalue weighted by molar-refractivity contribution is 9.10. The van der Waals surface area contributed by atoms with Crippen molar-refractivity contribution in [3.63, 3.8) is 0 Å². The van der Waals surface area contributed by atoms with E-state index in [1.54, 1.807) is 23.1 Å². The van der Waals surface area contributed by atoms with Crippen LogP contribution in [0.1, 0.15) is 36.8 Å². The van der Waals surface area contributed by atoms with Gasteiger partial charge >= 0.3 is 0 Å². The van der Waals surface area contributed by atoms with Crippen LogP contribution in [0, 0.1) is 0 Å². The van der Waals surface area contributed by atoms with E-state index in [1.165, 1.54) is 0 Å². The van der Waals surface area contributed by atoms with Gasteiger partial charge in [0.05, 0.1) is 6.04 Å². The van der Waals surface area contributed by atoms with Gasteiger partial charge in [-0.05, 0) is 54.7 Å². The predicted octanol–water partition coefficient (Wildman–Crippen LogP) is 4.93. The zero-order valence-electron chi connectivity index (χ0n) is 17.0. The molecule has 2 atom stereocenters. The molecule has 2 aromatic carbocycles. The Hall–Kier alpha value is -2.31. The topological polar surface area (TPSA) is 58.6 Å². The molecule has 0 spiro atoms. The van der Waals surface area contributed by atoms with E-state index in [-0.39, 0.29) is 30.5 Å². The van der Waals surface area contributed by atoms with Gasteiger partial charge < -0.3 is 15.0 Å². The number of hydrogen-bond donors (Lipinski definition) is 1. The molecule has 2 aliphatic rings. The lowest BCUT2D eigenvalue weighted by Crippen LogP contribution is -2.57.